The predicted octanol–water partition coefficient (Wildman–Crippen LogP) is 3.71. The molecule has 0 aliphatic carbocycles. The molecule has 2 rings (SSSR count). The normalized spacial score (nSPS) is 9.85. The highest BCUT2D eigenvalue weighted by Gasteiger charge is 2.05. The van der Waals surface area contributed by atoms with Gasteiger partial charge >= 0.3 is 0 Å². The van der Waals surface area contributed by atoms with E-state index in [0.717, 1.165) is 11.3 Å². The smallest absolute Gasteiger partial charge is 0.145 e. The van der Waals surface area contributed by atoms with Gasteiger partial charge in [-0.2, -0.15) is 5.26 Å². The van der Waals surface area contributed by atoms with Crippen molar-refractivity contribution in [3.05, 3.63) is 59.4 Å². The van der Waals surface area contributed by atoms with Crippen LogP contribution in [-0.2, 0) is 6.54 Å². The average Bonchev–Trinajstić information content (AvgIpc) is 2.47. The zero-order valence-electron chi connectivity index (χ0n) is 11.2. The van der Waals surface area contributed by atoms with Crippen LogP contribution >= 0.6 is 0 Å². The van der Waals surface area contributed by atoms with Gasteiger partial charge in [0.15, 0.2) is 0 Å². The van der Waals surface area contributed by atoms with Crippen LogP contribution in [0.1, 0.15) is 18.1 Å². The standard InChI is InChI=1S/C16H15FN2O/c1-2-20-16-9-14(17)7-8-15(16)19-11-13-5-3-12(10-18)4-6-13/h3-9,19H,2,11H2,1H3. The van der Waals surface area contributed by atoms with Gasteiger partial charge in [-0.05, 0) is 36.8 Å². The lowest BCUT2D eigenvalue weighted by Gasteiger charge is -2.12. The second-order valence-electron chi connectivity index (χ2n) is 4.24. The number of rotatable bonds is 5. The molecule has 2 aromatic rings. The molecular weight excluding hydrogens is 255 g/mol. The zero-order chi connectivity index (χ0) is 14.4. The van der Waals surface area contributed by atoms with Gasteiger partial charge in [0.05, 0.1) is 23.9 Å². The summed E-state index contributed by atoms with van der Waals surface area (Å²) in [5.41, 5.74) is 2.42. The van der Waals surface area contributed by atoms with E-state index in [0.29, 0.717) is 24.5 Å². The second-order valence-corrected chi connectivity index (χ2v) is 4.24. The number of hydrogen-bond donors (Lipinski definition) is 1. The van der Waals surface area contributed by atoms with Crippen molar-refractivity contribution in [3.63, 3.8) is 0 Å². The van der Waals surface area contributed by atoms with Crippen LogP contribution in [0, 0.1) is 17.1 Å². The van der Waals surface area contributed by atoms with E-state index in [1.165, 1.54) is 12.1 Å². The molecule has 0 radical (unpaired) electrons. The third-order valence-electron chi connectivity index (χ3n) is 2.81. The topological polar surface area (TPSA) is 45.0 Å². The minimum Gasteiger partial charge on any atom is -0.492 e. The third-order valence-corrected chi connectivity index (χ3v) is 2.81. The van der Waals surface area contributed by atoms with Crippen molar-refractivity contribution in [2.75, 3.05) is 11.9 Å². The molecule has 0 spiro atoms. The van der Waals surface area contributed by atoms with E-state index in [4.69, 9.17) is 10.00 Å². The molecule has 0 aliphatic heterocycles. The maximum atomic E-state index is 13.2. The molecule has 20 heavy (non-hydrogen) atoms. The van der Waals surface area contributed by atoms with Gasteiger partial charge in [0, 0.05) is 12.6 Å². The van der Waals surface area contributed by atoms with E-state index in [9.17, 15) is 4.39 Å². The number of anilines is 1. The molecular formula is C16H15FN2O. The number of nitrogens with zero attached hydrogens (tertiary/aromatic N) is 1. The van der Waals surface area contributed by atoms with E-state index in [1.54, 1.807) is 18.2 Å². The van der Waals surface area contributed by atoms with Crippen molar-refractivity contribution < 1.29 is 9.13 Å². The number of nitrogens with one attached hydrogen (secondary N) is 1. The van der Waals surface area contributed by atoms with E-state index >= 15 is 0 Å². The molecule has 0 unspecified atom stereocenters. The van der Waals surface area contributed by atoms with Crippen molar-refractivity contribution in [3.8, 4) is 11.8 Å². The van der Waals surface area contributed by atoms with Crippen LogP contribution in [0.15, 0.2) is 42.5 Å². The highest BCUT2D eigenvalue weighted by atomic mass is 19.1. The molecule has 0 amide bonds. The fourth-order valence-electron chi connectivity index (χ4n) is 1.81. The fraction of sp³-hybridized carbons (Fsp3) is 0.188. The Morgan fingerprint density at radius 1 is 1.20 bits per heavy atom. The Hall–Kier alpha value is -2.54. The molecule has 0 aliphatic rings. The molecule has 2 aromatic carbocycles. The summed E-state index contributed by atoms with van der Waals surface area (Å²) in [4.78, 5) is 0. The Morgan fingerprint density at radius 2 is 1.95 bits per heavy atom. The van der Waals surface area contributed by atoms with Gasteiger partial charge in [-0.25, -0.2) is 4.39 Å². The van der Waals surface area contributed by atoms with Gasteiger partial charge in [-0.15, -0.1) is 0 Å². The molecule has 3 nitrogen and oxygen atoms in total. The first-order valence-corrected chi connectivity index (χ1v) is 6.38. The first-order valence-electron chi connectivity index (χ1n) is 6.38. The monoisotopic (exact) mass is 270 g/mol. The Morgan fingerprint density at radius 3 is 2.60 bits per heavy atom. The summed E-state index contributed by atoms with van der Waals surface area (Å²) in [6.45, 7) is 2.92. The summed E-state index contributed by atoms with van der Waals surface area (Å²) >= 11 is 0. The Labute approximate surface area is 117 Å². The van der Waals surface area contributed by atoms with Gasteiger partial charge in [-0.1, -0.05) is 12.1 Å². The maximum absolute atomic E-state index is 13.2. The Kier molecular flexibility index (Phi) is 4.56. The van der Waals surface area contributed by atoms with Crippen molar-refractivity contribution in [1.29, 1.82) is 5.26 Å². The molecule has 0 saturated carbocycles. The average molecular weight is 270 g/mol. The molecule has 0 heterocycles. The lowest BCUT2D eigenvalue weighted by atomic mass is 10.1. The lowest BCUT2D eigenvalue weighted by Crippen LogP contribution is -2.03. The van der Waals surface area contributed by atoms with E-state index in [2.05, 4.69) is 11.4 Å². The molecule has 4 heteroatoms. The fourth-order valence-corrected chi connectivity index (χ4v) is 1.81. The van der Waals surface area contributed by atoms with Gasteiger partial charge in [-0.3, -0.25) is 0 Å². The summed E-state index contributed by atoms with van der Waals surface area (Å²) in [5.74, 6) is 0.179. The van der Waals surface area contributed by atoms with Crippen LogP contribution in [0.4, 0.5) is 10.1 Å². The molecule has 1 N–H and O–H groups in total. The first kappa shape index (κ1) is 13.9. The van der Waals surface area contributed by atoms with E-state index in [-0.39, 0.29) is 5.82 Å². The molecule has 0 saturated heterocycles. The Bertz CT molecular complexity index is 617. The van der Waals surface area contributed by atoms with Crippen molar-refractivity contribution in [1.82, 2.24) is 0 Å². The number of hydrogen-bond acceptors (Lipinski definition) is 3. The lowest BCUT2D eigenvalue weighted by molar-refractivity contribution is 0.340. The summed E-state index contributed by atoms with van der Waals surface area (Å²) < 4.78 is 18.6. The second kappa shape index (κ2) is 6.58. The van der Waals surface area contributed by atoms with Crippen LogP contribution in [0.3, 0.4) is 0 Å². The zero-order valence-corrected chi connectivity index (χ0v) is 11.2. The minimum absolute atomic E-state index is 0.322. The Balaban J connectivity index is 2.08. The maximum Gasteiger partial charge on any atom is 0.145 e. The SMILES string of the molecule is CCOc1cc(F)ccc1NCc1ccc(C#N)cc1. The molecule has 0 aromatic heterocycles. The van der Waals surface area contributed by atoms with E-state index in [1.807, 2.05) is 19.1 Å². The van der Waals surface area contributed by atoms with Gasteiger partial charge in [0.1, 0.15) is 11.6 Å². The largest absolute Gasteiger partial charge is 0.492 e. The van der Waals surface area contributed by atoms with Crippen LogP contribution in [-0.4, -0.2) is 6.61 Å². The summed E-state index contributed by atoms with van der Waals surface area (Å²) in [7, 11) is 0. The van der Waals surface area contributed by atoms with Gasteiger partial charge in [0.2, 0.25) is 0 Å². The van der Waals surface area contributed by atoms with Crippen LogP contribution in [0.25, 0.3) is 0 Å². The number of halogens is 1. The highest BCUT2D eigenvalue weighted by molar-refractivity contribution is 5.56. The van der Waals surface area contributed by atoms with Gasteiger partial charge in [0.25, 0.3) is 0 Å². The highest BCUT2D eigenvalue weighted by Crippen LogP contribution is 2.26. The number of nitriles is 1. The number of ether oxygens (including phenoxy) is 1. The quantitative estimate of drug-likeness (QED) is 0.900. The predicted molar refractivity (Wildman–Crippen MR) is 76.1 cm³/mol. The van der Waals surface area contributed by atoms with E-state index < -0.39 is 0 Å². The molecule has 0 fully saturated rings. The molecule has 0 bridgehead atoms. The minimum atomic E-state index is -0.322. The van der Waals surface area contributed by atoms with Crippen molar-refractivity contribution in [2.45, 2.75) is 13.5 Å². The van der Waals surface area contributed by atoms with Gasteiger partial charge < -0.3 is 10.1 Å². The van der Waals surface area contributed by atoms with Crippen molar-refractivity contribution in [2.24, 2.45) is 0 Å². The van der Waals surface area contributed by atoms with Crippen LogP contribution in [0.2, 0.25) is 0 Å². The summed E-state index contributed by atoms with van der Waals surface area (Å²) in [5, 5.41) is 11.9. The molecule has 0 atom stereocenters. The van der Waals surface area contributed by atoms with Crippen LogP contribution in [0.5, 0.6) is 5.75 Å². The summed E-state index contributed by atoms with van der Waals surface area (Å²) in [6, 6.07) is 13.8. The van der Waals surface area contributed by atoms with Crippen LogP contribution < -0.4 is 10.1 Å². The van der Waals surface area contributed by atoms with Crippen molar-refractivity contribution >= 4 is 5.69 Å². The third kappa shape index (κ3) is 3.48. The number of benzene rings is 2. The molecule has 102 valence electrons. The summed E-state index contributed by atoms with van der Waals surface area (Å²) in [6.07, 6.45) is 0. The first-order chi connectivity index (χ1) is 9.72.